The van der Waals surface area contributed by atoms with E-state index >= 15 is 0 Å². The van der Waals surface area contributed by atoms with Gasteiger partial charge in [0.15, 0.2) is 0 Å². The third-order valence-electron chi connectivity index (χ3n) is 10.1. The number of unbranched alkanes of at least 4 members (excludes halogenated alkanes) is 1. The van der Waals surface area contributed by atoms with Gasteiger partial charge in [0, 0.05) is 46.1 Å². The number of rotatable bonds is 9. The van der Waals surface area contributed by atoms with Gasteiger partial charge in [-0.05, 0) is 114 Å². The number of aryl methyl sites for hydroxylation is 2. The zero-order valence-electron chi connectivity index (χ0n) is 27.1. The van der Waals surface area contributed by atoms with Crippen molar-refractivity contribution < 1.29 is 19.2 Å². The van der Waals surface area contributed by atoms with Crippen LogP contribution < -0.4 is 5.32 Å². The van der Waals surface area contributed by atoms with Crippen molar-refractivity contribution in [1.29, 1.82) is 0 Å². The van der Waals surface area contributed by atoms with Gasteiger partial charge in [-0.15, -0.1) is 0 Å². The Hall–Kier alpha value is -5.40. The molecule has 6 aromatic rings. The summed E-state index contributed by atoms with van der Waals surface area (Å²) < 4.78 is 0. The molecule has 6 aromatic carbocycles. The monoisotopic (exact) mass is 633 g/mol. The number of nitrogens with zero attached hydrogens (tertiary/aromatic N) is 2. The molecule has 2 aliphatic rings. The molecule has 0 spiro atoms. The van der Waals surface area contributed by atoms with Gasteiger partial charge >= 0.3 is 0 Å². The Balaban J connectivity index is 0.878. The molecule has 7 heteroatoms. The molecular weight excluding hydrogens is 598 g/mol. The maximum absolute atomic E-state index is 13.6. The second kappa shape index (κ2) is 11.7. The molecule has 2 aliphatic heterocycles. The number of benzene rings is 6. The summed E-state index contributed by atoms with van der Waals surface area (Å²) in [7, 11) is 0. The highest BCUT2D eigenvalue weighted by Gasteiger charge is 2.34. The van der Waals surface area contributed by atoms with E-state index in [0.29, 0.717) is 61.3 Å². The third-order valence-corrected chi connectivity index (χ3v) is 10.1. The van der Waals surface area contributed by atoms with E-state index in [0.717, 1.165) is 60.6 Å². The molecule has 4 amide bonds. The van der Waals surface area contributed by atoms with Crippen LogP contribution in [0, 0.1) is 13.8 Å². The molecule has 238 valence electrons. The summed E-state index contributed by atoms with van der Waals surface area (Å²) >= 11 is 0. The van der Waals surface area contributed by atoms with Gasteiger partial charge in [0.1, 0.15) is 0 Å². The van der Waals surface area contributed by atoms with Gasteiger partial charge < -0.3 is 5.32 Å². The Labute approximate surface area is 278 Å². The van der Waals surface area contributed by atoms with Gasteiger partial charge in [-0.25, -0.2) is 0 Å². The maximum atomic E-state index is 13.6. The molecule has 0 saturated heterocycles. The molecule has 0 bridgehead atoms. The van der Waals surface area contributed by atoms with Crippen LogP contribution in [0.3, 0.4) is 0 Å². The van der Waals surface area contributed by atoms with E-state index in [4.69, 9.17) is 0 Å². The number of hydrogen-bond donors (Lipinski definition) is 1. The molecule has 0 saturated carbocycles. The summed E-state index contributed by atoms with van der Waals surface area (Å²) in [5.74, 6) is -0.973. The molecule has 0 atom stereocenters. The average molecular weight is 634 g/mol. The molecule has 0 radical (unpaired) electrons. The first-order chi connectivity index (χ1) is 23.3. The fourth-order valence-corrected chi connectivity index (χ4v) is 7.65. The minimum absolute atomic E-state index is 0.238. The van der Waals surface area contributed by atoms with Crippen molar-refractivity contribution in [2.75, 3.05) is 26.2 Å². The fourth-order valence-electron chi connectivity index (χ4n) is 7.65. The van der Waals surface area contributed by atoms with Gasteiger partial charge in [0.2, 0.25) is 0 Å². The van der Waals surface area contributed by atoms with Crippen LogP contribution in [0.2, 0.25) is 0 Å². The molecule has 48 heavy (non-hydrogen) atoms. The van der Waals surface area contributed by atoms with E-state index in [-0.39, 0.29) is 23.6 Å². The van der Waals surface area contributed by atoms with Gasteiger partial charge in [-0.2, -0.15) is 0 Å². The Morgan fingerprint density at radius 3 is 1.40 bits per heavy atom. The number of carbonyl (C=O) groups excluding carboxylic acids is 4. The molecular formula is C41H35N3O4. The van der Waals surface area contributed by atoms with Gasteiger partial charge in [0.25, 0.3) is 23.6 Å². The van der Waals surface area contributed by atoms with Crippen LogP contribution in [0.15, 0.2) is 84.9 Å². The minimum Gasteiger partial charge on any atom is -0.317 e. The highest BCUT2D eigenvalue weighted by atomic mass is 16.2. The van der Waals surface area contributed by atoms with Crippen LogP contribution in [-0.2, 0) is 0 Å². The van der Waals surface area contributed by atoms with Gasteiger partial charge in [-0.1, -0.05) is 60.7 Å². The average Bonchev–Trinajstić information content (AvgIpc) is 3.10. The SMILES string of the molecule is Cc1cccc2c1cc1c3c(cccc32)C(=O)N(CCCCNCCCN2C(=O)c3cccc4c3c(cc3c(C)cccc34)C2=O)C1=O. The molecule has 2 heterocycles. The third kappa shape index (κ3) is 4.60. The number of hydrogen-bond acceptors (Lipinski definition) is 5. The lowest BCUT2D eigenvalue weighted by Gasteiger charge is -2.28. The van der Waals surface area contributed by atoms with Crippen LogP contribution >= 0.6 is 0 Å². The molecule has 7 nitrogen and oxygen atoms in total. The Morgan fingerprint density at radius 2 is 0.875 bits per heavy atom. The van der Waals surface area contributed by atoms with E-state index in [1.54, 1.807) is 0 Å². The summed E-state index contributed by atoms with van der Waals surface area (Å²) in [6, 6.07) is 27.5. The van der Waals surface area contributed by atoms with Crippen molar-refractivity contribution in [3.8, 4) is 0 Å². The van der Waals surface area contributed by atoms with Gasteiger partial charge in [-0.3, -0.25) is 29.0 Å². The summed E-state index contributed by atoms with van der Waals surface area (Å²) in [4.78, 5) is 56.9. The Bertz CT molecular complexity index is 2210. The molecule has 1 N–H and O–H groups in total. The maximum Gasteiger partial charge on any atom is 0.261 e. The number of imide groups is 2. The first kappa shape index (κ1) is 30.0. The second-order valence-electron chi connectivity index (χ2n) is 13.0. The lowest BCUT2D eigenvalue weighted by atomic mass is 9.89. The van der Waals surface area contributed by atoms with Crippen LogP contribution in [0.5, 0.6) is 0 Å². The van der Waals surface area contributed by atoms with Crippen LogP contribution in [0.4, 0.5) is 0 Å². The molecule has 0 unspecified atom stereocenters. The van der Waals surface area contributed by atoms with E-state index in [2.05, 4.69) is 5.32 Å². The van der Waals surface area contributed by atoms with Crippen molar-refractivity contribution >= 4 is 66.7 Å². The summed E-state index contributed by atoms with van der Waals surface area (Å²) in [6.07, 6.45) is 2.06. The number of carbonyl (C=O) groups is 4. The topological polar surface area (TPSA) is 86.8 Å². The van der Waals surface area contributed by atoms with E-state index < -0.39 is 0 Å². The summed E-state index contributed by atoms with van der Waals surface area (Å²) in [5.41, 5.74) is 4.51. The number of fused-ring (bicyclic) bond motifs is 4. The zero-order chi connectivity index (χ0) is 33.1. The van der Waals surface area contributed by atoms with Crippen molar-refractivity contribution in [2.24, 2.45) is 0 Å². The molecule has 0 aromatic heterocycles. The van der Waals surface area contributed by atoms with E-state index in [9.17, 15) is 19.2 Å². The standard InChI is InChI=1S/C41H35N3O4/c1-24-10-5-12-26-28-14-7-16-30-36(28)34(22-32(24)26)40(47)43(38(30)45)20-4-3-18-42-19-9-21-44-39(46)31-17-8-15-29-27-13-6-11-25(2)33(27)23-35(37(29)31)41(44)48/h5-8,10-17,22-23,42H,3-4,9,18-21H2,1-2H3. The highest BCUT2D eigenvalue weighted by Crippen LogP contribution is 2.38. The van der Waals surface area contributed by atoms with E-state index in [1.807, 2.05) is 98.8 Å². The number of nitrogens with one attached hydrogen (secondary N) is 1. The second-order valence-corrected chi connectivity index (χ2v) is 13.0. The molecule has 0 fully saturated rings. The Kier molecular flexibility index (Phi) is 7.30. The normalized spacial score (nSPS) is 14.4. The van der Waals surface area contributed by atoms with Crippen LogP contribution in [0.1, 0.15) is 71.8 Å². The molecule has 0 aliphatic carbocycles. The first-order valence-corrected chi connectivity index (χ1v) is 16.7. The fraction of sp³-hybridized carbons (Fsp3) is 0.220. The number of amides is 4. The van der Waals surface area contributed by atoms with E-state index in [1.165, 1.54) is 9.80 Å². The smallest absolute Gasteiger partial charge is 0.261 e. The van der Waals surface area contributed by atoms with Crippen molar-refractivity contribution in [2.45, 2.75) is 33.1 Å². The zero-order valence-corrected chi connectivity index (χ0v) is 27.1. The quantitative estimate of drug-likeness (QED) is 0.101. The van der Waals surface area contributed by atoms with Gasteiger partial charge in [0.05, 0.1) is 0 Å². The summed E-state index contributed by atoms with van der Waals surface area (Å²) in [5, 5.41) is 10.9. The Morgan fingerprint density at radius 1 is 0.458 bits per heavy atom. The summed E-state index contributed by atoms with van der Waals surface area (Å²) in [6.45, 7) is 6.07. The highest BCUT2D eigenvalue weighted by molar-refractivity contribution is 6.30. The van der Waals surface area contributed by atoms with Crippen LogP contribution in [0.25, 0.3) is 43.1 Å². The first-order valence-electron chi connectivity index (χ1n) is 16.7. The van der Waals surface area contributed by atoms with Crippen molar-refractivity contribution in [3.63, 3.8) is 0 Å². The largest absolute Gasteiger partial charge is 0.317 e. The predicted molar refractivity (Wildman–Crippen MR) is 190 cm³/mol. The lowest BCUT2D eigenvalue weighted by molar-refractivity contribution is 0.0591. The molecule has 8 rings (SSSR count). The predicted octanol–water partition coefficient (Wildman–Crippen LogP) is 7.57. The minimum atomic E-state index is -0.249. The van der Waals surface area contributed by atoms with Crippen molar-refractivity contribution in [3.05, 3.63) is 118 Å². The van der Waals surface area contributed by atoms with Crippen LogP contribution in [-0.4, -0.2) is 59.6 Å². The lowest BCUT2D eigenvalue weighted by Crippen LogP contribution is -2.41. The van der Waals surface area contributed by atoms with Crippen molar-refractivity contribution in [1.82, 2.24) is 15.1 Å².